The second-order valence-corrected chi connectivity index (χ2v) is 7.07. The Morgan fingerprint density at radius 1 is 1.27 bits per heavy atom. The van der Waals surface area contributed by atoms with E-state index in [1.165, 1.54) is 6.26 Å². The molecule has 0 spiro atoms. The molecule has 0 amide bonds. The first kappa shape index (κ1) is 11.1. The van der Waals surface area contributed by atoms with Crippen LogP contribution in [-0.4, -0.2) is 26.0 Å². The second-order valence-electron chi connectivity index (χ2n) is 3.95. The molecule has 1 aliphatic rings. The Kier molecular flexibility index (Phi) is 2.65. The van der Waals surface area contributed by atoms with Crippen LogP contribution in [0, 0.1) is 0 Å². The van der Waals surface area contributed by atoms with E-state index in [0.717, 1.165) is 10.0 Å². The van der Waals surface area contributed by atoms with Crippen molar-refractivity contribution in [2.24, 2.45) is 5.73 Å². The molecule has 0 bridgehead atoms. The largest absolute Gasteiger partial charge is 0.326 e. The molecule has 2 N–H and O–H groups in total. The Labute approximate surface area is 97.7 Å². The van der Waals surface area contributed by atoms with Crippen molar-refractivity contribution in [1.29, 1.82) is 0 Å². The number of hydrogen-bond donors (Lipinski definition) is 1. The van der Waals surface area contributed by atoms with Crippen molar-refractivity contribution in [1.82, 2.24) is 0 Å². The van der Waals surface area contributed by atoms with E-state index in [1.807, 2.05) is 24.3 Å². The van der Waals surface area contributed by atoms with Crippen molar-refractivity contribution in [3.8, 4) is 0 Å². The molecule has 0 heterocycles. The Hall–Kier alpha value is -0.390. The summed E-state index contributed by atoms with van der Waals surface area (Å²) >= 11 is 3.34. The van der Waals surface area contributed by atoms with Gasteiger partial charge in [0, 0.05) is 22.7 Å². The molecule has 3 nitrogen and oxygen atoms in total. The summed E-state index contributed by atoms with van der Waals surface area (Å²) in [5, 5.41) is -0.404. The fourth-order valence-electron chi connectivity index (χ4n) is 1.95. The standard InChI is InChI=1S/C10H12BrNO2S/c1-15(13,14)10-8(9(10)12)6-2-4-7(11)5-3-6/h2-5,8-10H,12H2,1H3/t8-,9-,10+/m0/s1. The van der Waals surface area contributed by atoms with Gasteiger partial charge < -0.3 is 5.73 Å². The lowest BCUT2D eigenvalue weighted by Gasteiger charge is -1.98. The number of nitrogens with two attached hydrogens (primary N) is 1. The monoisotopic (exact) mass is 289 g/mol. The van der Waals surface area contributed by atoms with Crippen molar-refractivity contribution < 1.29 is 8.42 Å². The summed E-state index contributed by atoms with van der Waals surface area (Å²) in [6, 6.07) is 7.39. The van der Waals surface area contributed by atoms with E-state index in [2.05, 4.69) is 15.9 Å². The van der Waals surface area contributed by atoms with E-state index in [9.17, 15) is 8.42 Å². The van der Waals surface area contributed by atoms with Crippen molar-refractivity contribution in [2.75, 3.05) is 6.26 Å². The van der Waals surface area contributed by atoms with Crippen LogP contribution in [0.15, 0.2) is 28.7 Å². The minimum atomic E-state index is -3.02. The molecule has 5 heteroatoms. The third-order valence-electron chi connectivity index (χ3n) is 2.76. The molecule has 1 fully saturated rings. The van der Waals surface area contributed by atoms with E-state index in [4.69, 9.17) is 5.73 Å². The number of halogens is 1. The first-order valence-electron chi connectivity index (χ1n) is 4.61. The third kappa shape index (κ3) is 2.09. The molecule has 1 saturated carbocycles. The Balaban J connectivity index is 2.26. The second kappa shape index (κ2) is 3.57. The quantitative estimate of drug-likeness (QED) is 0.892. The van der Waals surface area contributed by atoms with Gasteiger partial charge in [-0.2, -0.15) is 0 Å². The van der Waals surface area contributed by atoms with Crippen LogP contribution in [0.2, 0.25) is 0 Å². The van der Waals surface area contributed by atoms with Gasteiger partial charge in [0.25, 0.3) is 0 Å². The molecule has 1 aromatic rings. The van der Waals surface area contributed by atoms with E-state index < -0.39 is 15.1 Å². The maximum atomic E-state index is 11.4. The molecular weight excluding hydrogens is 278 g/mol. The van der Waals surface area contributed by atoms with Gasteiger partial charge in [0.2, 0.25) is 0 Å². The molecule has 3 atom stereocenters. The number of hydrogen-bond acceptors (Lipinski definition) is 3. The minimum Gasteiger partial charge on any atom is -0.326 e. The highest BCUT2D eigenvalue weighted by Crippen LogP contribution is 2.44. The zero-order valence-electron chi connectivity index (χ0n) is 8.22. The highest BCUT2D eigenvalue weighted by molar-refractivity contribution is 9.10. The van der Waals surface area contributed by atoms with Crippen LogP contribution < -0.4 is 5.73 Å². The average Bonchev–Trinajstić information content (AvgIpc) is 2.78. The van der Waals surface area contributed by atoms with Gasteiger partial charge in [-0.25, -0.2) is 8.42 Å². The maximum Gasteiger partial charge on any atom is 0.152 e. The van der Waals surface area contributed by atoms with Crippen LogP contribution in [0.1, 0.15) is 11.5 Å². The molecule has 1 aliphatic carbocycles. The number of benzene rings is 1. The fourth-order valence-corrected chi connectivity index (χ4v) is 3.74. The summed E-state index contributed by atoms with van der Waals surface area (Å²) in [7, 11) is -3.02. The summed E-state index contributed by atoms with van der Waals surface area (Å²) in [4.78, 5) is 0. The van der Waals surface area contributed by atoms with Gasteiger partial charge in [0.05, 0.1) is 5.25 Å². The van der Waals surface area contributed by atoms with Gasteiger partial charge in [-0.3, -0.25) is 0 Å². The van der Waals surface area contributed by atoms with E-state index in [1.54, 1.807) is 0 Å². The van der Waals surface area contributed by atoms with Gasteiger partial charge in [-0.1, -0.05) is 28.1 Å². The zero-order valence-corrected chi connectivity index (χ0v) is 10.6. The Bertz CT molecular complexity index is 469. The van der Waals surface area contributed by atoms with Crippen LogP contribution in [0.3, 0.4) is 0 Å². The van der Waals surface area contributed by atoms with Crippen molar-refractivity contribution in [3.05, 3.63) is 34.3 Å². The summed E-state index contributed by atoms with van der Waals surface area (Å²) in [6.07, 6.45) is 1.25. The molecule has 0 saturated heterocycles. The lowest BCUT2D eigenvalue weighted by Crippen LogP contribution is -2.13. The first-order chi connectivity index (χ1) is 6.91. The summed E-state index contributed by atoms with van der Waals surface area (Å²) in [6.45, 7) is 0. The normalized spacial score (nSPS) is 30.2. The van der Waals surface area contributed by atoms with E-state index in [-0.39, 0.29) is 12.0 Å². The molecule has 15 heavy (non-hydrogen) atoms. The van der Waals surface area contributed by atoms with Crippen LogP contribution in [0.5, 0.6) is 0 Å². The van der Waals surface area contributed by atoms with E-state index >= 15 is 0 Å². The number of sulfone groups is 1. The van der Waals surface area contributed by atoms with Crippen molar-refractivity contribution >= 4 is 25.8 Å². The molecular formula is C10H12BrNO2S. The average molecular weight is 290 g/mol. The SMILES string of the molecule is CS(=O)(=O)[C@H]1[C@@H](N)[C@@H]1c1ccc(Br)cc1. The Morgan fingerprint density at radius 2 is 1.80 bits per heavy atom. The van der Waals surface area contributed by atoms with Crippen LogP contribution in [0.25, 0.3) is 0 Å². The molecule has 0 aliphatic heterocycles. The molecule has 0 aromatic heterocycles. The van der Waals surface area contributed by atoms with Gasteiger partial charge in [-0.15, -0.1) is 0 Å². The molecule has 82 valence electrons. The van der Waals surface area contributed by atoms with Crippen molar-refractivity contribution in [2.45, 2.75) is 17.2 Å². The Morgan fingerprint density at radius 3 is 2.20 bits per heavy atom. The number of rotatable bonds is 2. The van der Waals surface area contributed by atoms with Crippen LogP contribution >= 0.6 is 15.9 Å². The van der Waals surface area contributed by atoms with E-state index in [0.29, 0.717) is 0 Å². The lowest BCUT2D eigenvalue weighted by molar-refractivity contribution is 0.599. The smallest absolute Gasteiger partial charge is 0.152 e. The van der Waals surface area contributed by atoms with Gasteiger partial charge in [0.15, 0.2) is 9.84 Å². The lowest BCUT2D eigenvalue weighted by atomic mass is 10.1. The molecule has 2 rings (SSSR count). The first-order valence-corrected chi connectivity index (χ1v) is 7.36. The summed E-state index contributed by atoms with van der Waals surface area (Å²) in [5.74, 6) is -0.0342. The molecule has 0 unspecified atom stereocenters. The fraction of sp³-hybridized carbons (Fsp3) is 0.400. The highest BCUT2D eigenvalue weighted by Gasteiger charge is 2.54. The van der Waals surface area contributed by atoms with Crippen LogP contribution in [-0.2, 0) is 9.84 Å². The maximum absolute atomic E-state index is 11.4. The zero-order chi connectivity index (χ0) is 11.2. The summed E-state index contributed by atoms with van der Waals surface area (Å²) < 4.78 is 23.7. The highest BCUT2D eigenvalue weighted by atomic mass is 79.9. The minimum absolute atomic E-state index is 0.0342. The predicted octanol–water partition coefficient (Wildman–Crippen LogP) is 1.29. The topological polar surface area (TPSA) is 60.2 Å². The van der Waals surface area contributed by atoms with Crippen LogP contribution in [0.4, 0.5) is 0 Å². The third-order valence-corrected chi connectivity index (χ3v) is 4.88. The van der Waals surface area contributed by atoms with Gasteiger partial charge in [-0.05, 0) is 17.7 Å². The van der Waals surface area contributed by atoms with Crippen molar-refractivity contribution in [3.63, 3.8) is 0 Å². The molecule has 0 radical (unpaired) electrons. The van der Waals surface area contributed by atoms with Gasteiger partial charge in [0.1, 0.15) is 0 Å². The van der Waals surface area contributed by atoms with Gasteiger partial charge >= 0.3 is 0 Å². The molecule has 1 aromatic carbocycles. The summed E-state index contributed by atoms with van der Waals surface area (Å²) in [5.41, 5.74) is 6.78. The predicted molar refractivity (Wildman–Crippen MR) is 63.5 cm³/mol.